The molecule has 3 N–H and O–H groups in total. The van der Waals surface area contributed by atoms with Gasteiger partial charge in [-0.15, -0.1) is 0 Å². The lowest BCUT2D eigenvalue weighted by Crippen LogP contribution is -2.31. The van der Waals surface area contributed by atoms with E-state index in [2.05, 4.69) is 20.8 Å². The van der Waals surface area contributed by atoms with Gasteiger partial charge in [0, 0.05) is 12.6 Å². The van der Waals surface area contributed by atoms with Crippen LogP contribution in [0.5, 0.6) is 0 Å². The minimum absolute atomic E-state index is 0.303. The van der Waals surface area contributed by atoms with Crippen molar-refractivity contribution in [3.05, 3.63) is 57.9 Å². The Morgan fingerprint density at radius 1 is 1.20 bits per heavy atom. The fourth-order valence-electron chi connectivity index (χ4n) is 1.65. The average molecular weight is 272 g/mol. The van der Waals surface area contributed by atoms with Crippen LogP contribution in [-0.2, 0) is 6.42 Å². The van der Waals surface area contributed by atoms with Crippen LogP contribution in [0.1, 0.15) is 11.1 Å². The van der Waals surface area contributed by atoms with Crippen LogP contribution in [0.3, 0.4) is 0 Å². The number of carbonyl (C=O) groups excluding carboxylic acids is 1. The summed E-state index contributed by atoms with van der Waals surface area (Å²) < 4.78 is 0. The minimum atomic E-state index is -0.350. The summed E-state index contributed by atoms with van der Waals surface area (Å²) in [6, 6.07) is 10.6. The molecule has 0 aliphatic heterocycles. The number of benzene rings is 1. The number of hydrogen-bond acceptors (Lipinski definition) is 3. The SMILES string of the molecule is Cc1ccc(CCNC(=O)Nc2ccc(=O)[nH]n2)cc1. The third-order valence-electron chi connectivity index (χ3n) is 2.74. The van der Waals surface area contributed by atoms with Gasteiger partial charge in [0.25, 0.3) is 5.56 Å². The molecule has 2 aromatic rings. The second-order valence-electron chi connectivity index (χ2n) is 4.42. The highest BCUT2D eigenvalue weighted by atomic mass is 16.2. The molecule has 0 atom stereocenters. The van der Waals surface area contributed by atoms with E-state index in [4.69, 9.17) is 0 Å². The first-order valence-electron chi connectivity index (χ1n) is 6.29. The lowest BCUT2D eigenvalue weighted by atomic mass is 10.1. The number of nitrogens with zero attached hydrogens (tertiary/aromatic N) is 1. The number of hydrogen-bond donors (Lipinski definition) is 3. The van der Waals surface area contributed by atoms with Gasteiger partial charge in [0.2, 0.25) is 0 Å². The van der Waals surface area contributed by atoms with E-state index in [0.29, 0.717) is 12.4 Å². The molecule has 0 bridgehead atoms. The summed E-state index contributed by atoms with van der Waals surface area (Å²) in [5, 5.41) is 11.2. The Balaban J connectivity index is 1.76. The zero-order valence-corrected chi connectivity index (χ0v) is 11.1. The number of carbonyl (C=O) groups is 1. The van der Waals surface area contributed by atoms with Gasteiger partial charge in [-0.2, -0.15) is 5.10 Å². The van der Waals surface area contributed by atoms with Crippen LogP contribution in [0.25, 0.3) is 0 Å². The molecule has 6 heteroatoms. The molecule has 20 heavy (non-hydrogen) atoms. The molecular weight excluding hydrogens is 256 g/mol. The maximum absolute atomic E-state index is 11.6. The Bertz CT molecular complexity index is 614. The Labute approximate surface area is 116 Å². The molecule has 6 nitrogen and oxygen atoms in total. The van der Waals surface area contributed by atoms with Crippen LogP contribution in [-0.4, -0.2) is 22.8 Å². The van der Waals surface area contributed by atoms with Crippen LogP contribution < -0.4 is 16.2 Å². The van der Waals surface area contributed by atoms with Gasteiger partial charge in [-0.1, -0.05) is 29.8 Å². The summed E-state index contributed by atoms with van der Waals surface area (Å²) in [6.07, 6.45) is 0.757. The summed E-state index contributed by atoms with van der Waals surface area (Å²) in [6.45, 7) is 2.56. The summed E-state index contributed by atoms with van der Waals surface area (Å²) in [4.78, 5) is 22.4. The Kier molecular flexibility index (Phi) is 4.49. The number of anilines is 1. The number of H-pyrrole nitrogens is 1. The molecule has 2 rings (SSSR count). The lowest BCUT2D eigenvalue weighted by molar-refractivity contribution is 0.252. The van der Waals surface area contributed by atoms with Crippen molar-refractivity contribution in [1.82, 2.24) is 15.5 Å². The lowest BCUT2D eigenvalue weighted by Gasteiger charge is -2.06. The number of aromatic amines is 1. The van der Waals surface area contributed by atoms with Crippen LogP contribution in [0.15, 0.2) is 41.2 Å². The average Bonchev–Trinajstić information content (AvgIpc) is 2.44. The fraction of sp³-hybridized carbons (Fsp3) is 0.214. The number of nitrogens with one attached hydrogen (secondary N) is 3. The second kappa shape index (κ2) is 6.51. The number of rotatable bonds is 4. The van der Waals surface area contributed by atoms with Gasteiger partial charge in [-0.3, -0.25) is 10.1 Å². The molecule has 0 saturated heterocycles. The van der Waals surface area contributed by atoms with Crippen molar-refractivity contribution >= 4 is 11.8 Å². The molecule has 1 aromatic carbocycles. The summed E-state index contributed by atoms with van der Waals surface area (Å²) in [7, 11) is 0. The minimum Gasteiger partial charge on any atom is -0.337 e. The molecule has 0 radical (unpaired) electrons. The first-order chi connectivity index (χ1) is 9.63. The van der Waals surface area contributed by atoms with Crippen LogP contribution in [0.4, 0.5) is 10.6 Å². The molecule has 0 spiro atoms. The highest BCUT2D eigenvalue weighted by molar-refractivity contribution is 5.87. The topological polar surface area (TPSA) is 86.9 Å². The summed E-state index contributed by atoms with van der Waals surface area (Å²) in [5.74, 6) is 0.303. The smallest absolute Gasteiger partial charge is 0.320 e. The number of amides is 2. The third kappa shape index (κ3) is 4.24. The highest BCUT2D eigenvalue weighted by Crippen LogP contribution is 2.03. The molecule has 2 amide bonds. The standard InChI is InChI=1S/C14H16N4O2/c1-10-2-4-11(5-3-10)8-9-15-14(20)16-12-6-7-13(19)18-17-12/h2-7H,8-9H2,1H3,(H,18,19)(H2,15,16,17,20). The van der Waals surface area contributed by atoms with Crippen molar-refractivity contribution in [1.29, 1.82) is 0 Å². The molecule has 0 aliphatic carbocycles. The molecule has 0 saturated carbocycles. The van der Waals surface area contributed by atoms with Crippen molar-refractivity contribution in [3.63, 3.8) is 0 Å². The zero-order chi connectivity index (χ0) is 14.4. The van der Waals surface area contributed by atoms with E-state index in [-0.39, 0.29) is 11.6 Å². The Morgan fingerprint density at radius 2 is 1.95 bits per heavy atom. The number of aromatic nitrogens is 2. The van der Waals surface area contributed by atoms with Gasteiger partial charge < -0.3 is 5.32 Å². The molecule has 1 heterocycles. The highest BCUT2D eigenvalue weighted by Gasteiger charge is 2.02. The molecule has 1 aromatic heterocycles. The van der Waals surface area contributed by atoms with Gasteiger partial charge in [-0.25, -0.2) is 9.89 Å². The Hall–Kier alpha value is -2.63. The zero-order valence-electron chi connectivity index (χ0n) is 11.1. The van der Waals surface area contributed by atoms with E-state index in [1.54, 1.807) is 0 Å². The van der Waals surface area contributed by atoms with Crippen molar-refractivity contribution in [2.24, 2.45) is 0 Å². The maximum atomic E-state index is 11.6. The second-order valence-corrected chi connectivity index (χ2v) is 4.42. The van der Waals surface area contributed by atoms with Gasteiger partial charge >= 0.3 is 6.03 Å². The maximum Gasteiger partial charge on any atom is 0.320 e. The van der Waals surface area contributed by atoms with Gasteiger partial charge in [0.1, 0.15) is 0 Å². The summed E-state index contributed by atoms with van der Waals surface area (Å²) in [5.41, 5.74) is 2.07. The van der Waals surface area contributed by atoms with Gasteiger partial charge in [0.05, 0.1) is 0 Å². The monoisotopic (exact) mass is 272 g/mol. The van der Waals surface area contributed by atoms with E-state index >= 15 is 0 Å². The predicted molar refractivity (Wildman–Crippen MR) is 76.8 cm³/mol. The van der Waals surface area contributed by atoms with Crippen LogP contribution >= 0.6 is 0 Å². The van der Waals surface area contributed by atoms with Crippen molar-refractivity contribution < 1.29 is 4.79 Å². The summed E-state index contributed by atoms with van der Waals surface area (Å²) >= 11 is 0. The number of urea groups is 1. The van der Waals surface area contributed by atoms with E-state index in [9.17, 15) is 9.59 Å². The number of aryl methyl sites for hydroxylation is 1. The van der Waals surface area contributed by atoms with E-state index in [1.165, 1.54) is 17.7 Å². The largest absolute Gasteiger partial charge is 0.337 e. The fourth-order valence-corrected chi connectivity index (χ4v) is 1.65. The van der Waals surface area contributed by atoms with Crippen LogP contribution in [0, 0.1) is 6.92 Å². The first kappa shape index (κ1) is 13.8. The van der Waals surface area contributed by atoms with Crippen LogP contribution in [0.2, 0.25) is 0 Å². The molecule has 0 fully saturated rings. The van der Waals surface area contributed by atoms with E-state index in [1.807, 2.05) is 31.2 Å². The normalized spacial score (nSPS) is 10.1. The van der Waals surface area contributed by atoms with E-state index in [0.717, 1.165) is 12.0 Å². The Morgan fingerprint density at radius 3 is 2.60 bits per heavy atom. The van der Waals surface area contributed by atoms with Gasteiger partial charge in [0.15, 0.2) is 5.82 Å². The van der Waals surface area contributed by atoms with Crippen molar-refractivity contribution in [2.45, 2.75) is 13.3 Å². The van der Waals surface area contributed by atoms with Gasteiger partial charge in [-0.05, 0) is 25.0 Å². The van der Waals surface area contributed by atoms with Crippen molar-refractivity contribution in [3.8, 4) is 0 Å². The van der Waals surface area contributed by atoms with Crippen molar-refractivity contribution in [2.75, 3.05) is 11.9 Å². The molecular formula is C14H16N4O2. The molecule has 104 valence electrons. The predicted octanol–water partition coefficient (Wildman–Crippen LogP) is 1.44. The third-order valence-corrected chi connectivity index (χ3v) is 2.74. The molecule has 0 unspecified atom stereocenters. The quantitative estimate of drug-likeness (QED) is 0.787. The van der Waals surface area contributed by atoms with E-state index < -0.39 is 0 Å². The molecule has 0 aliphatic rings. The first-order valence-corrected chi connectivity index (χ1v) is 6.29.